The van der Waals surface area contributed by atoms with Gasteiger partial charge >= 0.3 is 0 Å². The third-order valence-electron chi connectivity index (χ3n) is 4.29. The van der Waals surface area contributed by atoms with Gasteiger partial charge < -0.3 is 0 Å². The van der Waals surface area contributed by atoms with Crippen molar-refractivity contribution in [1.82, 2.24) is 4.98 Å². The molecule has 1 aromatic heterocycles. The number of rotatable bonds is 10. The zero-order valence-corrected chi connectivity index (χ0v) is 13.1. The van der Waals surface area contributed by atoms with Gasteiger partial charge in [0, 0.05) is 12.4 Å². The molecule has 0 aliphatic heterocycles. The van der Waals surface area contributed by atoms with Crippen molar-refractivity contribution in [2.24, 2.45) is 0 Å². The molecule has 1 heteroatoms. The molecule has 0 saturated heterocycles. The van der Waals surface area contributed by atoms with E-state index >= 15 is 0 Å². The Kier molecular flexibility index (Phi) is 7.78. The number of pyridine rings is 1. The molecule has 1 aromatic rings. The summed E-state index contributed by atoms with van der Waals surface area (Å²) in [5, 5.41) is 0. The third-order valence-corrected chi connectivity index (χ3v) is 4.29. The molecule has 1 heterocycles. The van der Waals surface area contributed by atoms with Crippen LogP contribution < -0.4 is 0 Å². The molecule has 0 saturated carbocycles. The molecular formula is C18H31N. The molecule has 0 fully saturated rings. The first-order valence-electron chi connectivity index (χ1n) is 8.13. The Morgan fingerprint density at radius 2 is 1.42 bits per heavy atom. The molecule has 1 atom stereocenters. The van der Waals surface area contributed by atoms with Crippen molar-refractivity contribution >= 4 is 0 Å². The molecule has 0 radical (unpaired) electrons. The van der Waals surface area contributed by atoms with E-state index in [-0.39, 0.29) is 0 Å². The highest BCUT2D eigenvalue weighted by Gasteiger charge is 2.25. The molecule has 1 rings (SSSR count). The van der Waals surface area contributed by atoms with Gasteiger partial charge in [0.15, 0.2) is 0 Å². The lowest BCUT2D eigenvalue weighted by atomic mass is 9.74. The number of hydrogen-bond donors (Lipinski definition) is 0. The molecule has 0 bridgehead atoms. The second-order valence-electron chi connectivity index (χ2n) is 6.06. The number of hydrogen-bond acceptors (Lipinski definition) is 1. The summed E-state index contributed by atoms with van der Waals surface area (Å²) in [6, 6.07) is 4.42. The van der Waals surface area contributed by atoms with Gasteiger partial charge in [0.2, 0.25) is 0 Å². The molecule has 0 N–H and O–H groups in total. The zero-order valence-electron chi connectivity index (χ0n) is 13.1. The van der Waals surface area contributed by atoms with Crippen molar-refractivity contribution in [3.63, 3.8) is 0 Å². The predicted octanol–water partition coefficient (Wildman–Crippen LogP) is 5.89. The SMILES string of the molecule is CCCCCCCC(C)(CCCC)c1ccncc1. The van der Waals surface area contributed by atoms with Crippen LogP contribution in [0.1, 0.15) is 84.1 Å². The average molecular weight is 261 g/mol. The lowest BCUT2D eigenvalue weighted by Gasteiger charge is -2.30. The van der Waals surface area contributed by atoms with Crippen LogP contribution in [0.25, 0.3) is 0 Å². The molecule has 0 spiro atoms. The van der Waals surface area contributed by atoms with Gasteiger partial charge in [-0.3, -0.25) is 4.98 Å². The molecule has 0 aromatic carbocycles. The van der Waals surface area contributed by atoms with E-state index in [1.807, 2.05) is 12.4 Å². The first-order chi connectivity index (χ1) is 9.23. The molecular weight excluding hydrogens is 230 g/mol. The van der Waals surface area contributed by atoms with Gasteiger partial charge in [-0.25, -0.2) is 0 Å². The Morgan fingerprint density at radius 3 is 2.05 bits per heavy atom. The fourth-order valence-electron chi connectivity index (χ4n) is 2.85. The van der Waals surface area contributed by atoms with Crippen LogP contribution in [0.15, 0.2) is 24.5 Å². The highest BCUT2D eigenvalue weighted by Crippen LogP contribution is 2.34. The molecule has 0 aliphatic carbocycles. The quantitative estimate of drug-likeness (QED) is 0.478. The summed E-state index contributed by atoms with van der Waals surface area (Å²) in [5.41, 5.74) is 1.83. The van der Waals surface area contributed by atoms with Gasteiger partial charge in [-0.05, 0) is 36.0 Å². The largest absolute Gasteiger partial charge is 0.265 e. The topological polar surface area (TPSA) is 12.9 Å². The van der Waals surface area contributed by atoms with Crippen LogP contribution in [-0.4, -0.2) is 4.98 Å². The van der Waals surface area contributed by atoms with Crippen molar-refractivity contribution in [2.75, 3.05) is 0 Å². The van der Waals surface area contributed by atoms with E-state index in [1.54, 1.807) is 0 Å². The van der Waals surface area contributed by atoms with Gasteiger partial charge in [0.05, 0.1) is 0 Å². The zero-order chi connectivity index (χ0) is 14.0. The van der Waals surface area contributed by atoms with Gasteiger partial charge in [0.1, 0.15) is 0 Å². The monoisotopic (exact) mass is 261 g/mol. The second kappa shape index (κ2) is 9.12. The highest BCUT2D eigenvalue weighted by atomic mass is 14.6. The van der Waals surface area contributed by atoms with Crippen molar-refractivity contribution in [3.8, 4) is 0 Å². The van der Waals surface area contributed by atoms with Crippen LogP contribution in [0, 0.1) is 0 Å². The molecule has 108 valence electrons. The van der Waals surface area contributed by atoms with Crippen LogP contribution >= 0.6 is 0 Å². The van der Waals surface area contributed by atoms with Crippen molar-refractivity contribution < 1.29 is 0 Å². The highest BCUT2D eigenvalue weighted by molar-refractivity contribution is 5.21. The maximum Gasteiger partial charge on any atom is 0.0270 e. The standard InChI is InChI=1S/C18H31N/c1-4-6-8-9-10-14-18(3,13-7-5-2)17-11-15-19-16-12-17/h11-12,15-16H,4-10,13-14H2,1-3H3. The van der Waals surface area contributed by atoms with E-state index < -0.39 is 0 Å². The minimum Gasteiger partial charge on any atom is -0.265 e. The van der Waals surface area contributed by atoms with Gasteiger partial charge in [-0.1, -0.05) is 65.7 Å². The smallest absolute Gasteiger partial charge is 0.0270 e. The Morgan fingerprint density at radius 1 is 0.842 bits per heavy atom. The summed E-state index contributed by atoms with van der Waals surface area (Å²) in [5.74, 6) is 0. The van der Waals surface area contributed by atoms with E-state index in [9.17, 15) is 0 Å². The first-order valence-corrected chi connectivity index (χ1v) is 8.13. The fraction of sp³-hybridized carbons (Fsp3) is 0.722. The predicted molar refractivity (Wildman–Crippen MR) is 84.5 cm³/mol. The van der Waals surface area contributed by atoms with Crippen LogP contribution in [0.3, 0.4) is 0 Å². The summed E-state index contributed by atoms with van der Waals surface area (Å²) in [4.78, 5) is 4.16. The Bertz CT molecular complexity index is 320. The molecule has 1 unspecified atom stereocenters. The summed E-state index contributed by atoms with van der Waals surface area (Å²) >= 11 is 0. The van der Waals surface area contributed by atoms with Crippen molar-refractivity contribution in [1.29, 1.82) is 0 Å². The minimum atomic E-state index is 0.352. The van der Waals surface area contributed by atoms with E-state index in [1.165, 1.54) is 63.4 Å². The van der Waals surface area contributed by atoms with Gasteiger partial charge in [-0.2, -0.15) is 0 Å². The summed E-state index contributed by atoms with van der Waals surface area (Å²) in [6.07, 6.45) is 16.0. The summed E-state index contributed by atoms with van der Waals surface area (Å²) in [6.45, 7) is 7.01. The average Bonchev–Trinajstić information content (AvgIpc) is 2.46. The van der Waals surface area contributed by atoms with Crippen LogP contribution in [0.5, 0.6) is 0 Å². The van der Waals surface area contributed by atoms with E-state index in [0.29, 0.717) is 5.41 Å². The maximum atomic E-state index is 4.16. The first kappa shape index (κ1) is 16.2. The number of aromatic nitrogens is 1. The van der Waals surface area contributed by atoms with E-state index in [0.717, 1.165) is 0 Å². The van der Waals surface area contributed by atoms with Gasteiger partial charge in [-0.15, -0.1) is 0 Å². The third kappa shape index (κ3) is 5.76. The summed E-state index contributed by atoms with van der Waals surface area (Å²) in [7, 11) is 0. The van der Waals surface area contributed by atoms with Crippen LogP contribution in [0.4, 0.5) is 0 Å². The van der Waals surface area contributed by atoms with Crippen molar-refractivity contribution in [3.05, 3.63) is 30.1 Å². The Labute approximate surface area is 119 Å². The fourth-order valence-corrected chi connectivity index (χ4v) is 2.85. The second-order valence-corrected chi connectivity index (χ2v) is 6.06. The van der Waals surface area contributed by atoms with Gasteiger partial charge in [0.25, 0.3) is 0 Å². The number of unbranched alkanes of at least 4 members (excludes halogenated alkanes) is 5. The van der Waals surface area contributed by atoms with E-state index in [4.69, 9.17) is 0 Å². The molecule has 0 amide bonds. The Hall–Kier alpha value is -0.850. The lowest BCUT2D eigenvalue weighted by Crippen LogP contribution is -2.22. The lowest BCUT2D eigenvalue weighted by molar-refractivity contribution is 0.368. The number of nitrogens with zero attached hydrogens (tertiary/aromatic N) is 1. The Balaban J connectivity index is 2.55. The normalized spacial score (nSPS) is 14.3. The maximum absolute atomic E-state index is 4.16. The minimum absolute atomic E-state index is 0.352. The summed E-state index contributed by atoms with van der Waals surface area (Å²) < 4.78 is 0. The van der Waals surface area contributed by atoms with Crippen molar-refractivity contribution in [2.45, 2.75) is 84.0 Å². The van der Waals surface area contributed by atoms with Crippen LogP contribution in [0.2, 0.25) is 0 Å². The molecule has 19 heavy (non-hydrogen) atoms. The van der Waals surface area contributed by atoms with Crippen LogP contribution in [-0.2, 0) is 5.41 Å². The molecule has 1 nitrogen and oxygen atoms in total. The van der Waals surface area contributed by atoms with E-state index in [2.05, 4.69) is 37.9 Å². The molecule has 0 aliphatic rings.